The van der Waals surface area contributed by atoms with E-state index in [4.69, 9.17) is 10.9 Å². The molecule has 1 aromatic carbocycles. The lowest BCUT2D eigenvalue weighted by Crippen LogP contribution is -2.15. The first-order chi connectivity index (χ1) is 10.0. The second-order valence-corrected chi connectivity index (χ2v) is 4.99. The van der Waals surface area contributed by atoms with Gasteiger partial charge in [-0.3, -0.25) is 4.98 Å². The predicted octanol–water partition coefficient (Wildman–Crippen LogP) is 2.83. The van der Waals surface area contributed by atoms with E-state index in [1.807, 2.05) is 0 Å². The van der Waals surface area contributed by atoms with Crippen LogP contribution in [0.25, 0.3) is 0 Å². The van der Waals surface area contributed by atoms with Crippen molar-refractivity contribution in [1.29, 1.82) is 0 Å². The highest BCUT2D eigenvalue weighted by Crippen LogP contribution is 2.24. The van der Waals surface area contributed by atoms with Crippen molar-refractivity contribution in [1.82, 2.24) is 4.98 Å². The van der Waals surface area contributed by atoms with Crippen molar-refractivity contribution in [3.63, 3.8) is 0 Å². The first-order valence-electron chi connectivity index (χ1n) is 5.82. The van der Waals surface area contributed by atoms with Gasteiger partial charge in [0.25, 0.3) is 0 Å². The molecule has 0 amide bonds. The van der Waals surface area contributed by atoms with Crippen molar-refractivity contribution in [3.8, 4) is 0 Å². The van der Waals surface area contributed by atoms with Crippen LogP contribution in [-0.4, -0.2) is 16.0 Å². The number of nitrogens with one attached hydrogen (secondary N) is 1. The Labute approximate surface area is 127 Å². The molecule has 0 saturated carbocycles. The van der Waals surface area contributed by atoms with E-state index in [1.54, 1.807) is 12.1 Å². The van der Waals surface area contributed by atoms with Crippen LogP contribution in [-0.2, 0) is 6.54 Å². The fourth-order valence-corrected chi connectivity index (χ4v) is 1.97. The molecule has 0 aliphatic carbocycles. The Morgan fingerprint density at radius 2 is 2.10 bits per heavy atom. The van der Waals surface area contributed by atoms with Gasteiger partial charge >= 0.3 is 0 Å². The first-order valence-corrected chi connectivity index (χ1v) is 6.62. The molecule has 1 heterocycles. The van der Waals surface area contributed by atoms with Gasteiger partial charge in [-0.25, -0.2) is 8.78 Å². The number of oxime groups is 1. The quantitative estimate of drug-likeness (QED) is 0.258. The van der Waals surface area contributed by atoms with Gasteiger partial charge in [0, 0.05) is 18.8 Å². The second-order valence-electron chi connectivity index (χ2n) is 4.13. The van der Waals surface area contributed by atoms with Crippen LogP contribution in [0.4, 0.5) is 14.5 Å². The van der Waals surface area contributed by atoms with Gasteiger partial charge in [-0.15, -0.1) is 0 Å². The number of hydrogen-bond donors (Lipinski definition) is 3. The average molecular weight is 357 g/mol. The summed E-state index contributed by atoms with van der Waals surface area (Å²) in [6.45, 7) is 0.267. The monoisotopic (exact) mass is 356 g/mol. The number of pyridine rings is 1. The maximum Gasteiger partial charge on any atom is 0.188 e. The number of benzene rings is 1. The topological polar surface area (TPSA) is 83.5 Å². The predicted molar refractivity (Wildman–Crippen MR) is 78.1 cm³/mol. The summed E-state index contributed by atoms with van der Waals surface area (Å²) in [4.78, 5) is 3.93. The smallest absolute Gasteiger partial charge is 0.188 e. The van der Waals surface area contributed by atoms with Crippen molar-refractivity contribution < 1.29 is 14.0 Å². The van der Waals surface area contributed by atoms with Crippen molar-refractivity contribution in [2.45, 2.75) is 6.54 Å². The Balaban J connectivity index is 2.15. The van der Waals surface area contributed by atoms with E-state index in [9.17, 15) is 8.78 Å². The molecule has 5 nitrogen and oxygen atoms in total. The largest absolute Gasteiger partial charge is 0.409 e. The van der Waals surface area contributed by atoms with Gasteiger partial charge in [-0.1, -0.05) is 5.16 Å². The average Bonchev–Trinajstić information content (AvgIpc) is 2.49. The van der Waals surface area contributed by atoms with E-state index in [-0.39, 0.29) is 22.5 Å². The number of rotatable bonds is 4. The SMILES string of the molecule is N/C(=N/O)c1cc(CNc2cc(Br)c(F)cc2F)ccn1. The summed E-state index contributed by atoms with van der Waals surface area (Å²) in [5, 5.41) is 14.3. The van der Waals surface area contributed by atoms with Gasteiger partial charge in [0.15, 0.2) is 5.84 Å². The molecule has 0 spiro atoms. The molecule has 0 radical (unpaired) electrons. The fraction of sp³-hybridized carbons (Fsp3) is 0.0769. The third-order valence-corrected chi connectivity index (χ3v) is 3.30. The molecule has 8 heteroatoms. The van der Waals surface area contributed by atoms with Crippen LogP contribution in [0.2, 0.25) is 0 Å². The zero-order chi connectivity index (χ0) is 15.4. The molecule has 1 aromatic heterocycles. The Kier molecular flexibility index (Phi) is 4.69. The number of nitrogens with two attached hydrogens (primary N) is 1. The molecule has 21 heavy (non-hydrogen) atoms. The fourth-order valence-electron chi connectivity index (χ4n) is 1.63. The maximum absolute atomic E-state index is 13.6. The van der Waals surface area contributed by atoms with Crippen LogP contribution >= 0.6 is 15.9 Å². The van der Waals surface area contributed by atoms with Crippen LogP contribution < -0.4 is 11.1 Å². The Morgan fingerprint density at radius 3 is 2.81 bits per heavy atom. The van der Waals surface area contributed by atoms with Gasteiger partial charge in [0.1, 0.15) is 17.3 Å². The van der Waals surface area contributed by atoms with E-state index < -0.39 is 11.6 Å². The summed E-state index contributed by atoms with van der Waals surface area (Å²) in [6.07, 6.45) is 1.49. The van der Waals surface area contributed by atoms with Gasteiger partial charge in [-0.05, 0) is 39.7 Å². The normalized spacial score (nSPS) is 11.5. The van der Waals surface area contributed by atoms with E-state index in [0.717, 1.165) is 11.6 Å². The van der Waals surface area contributed by atoms with E-state index in [1.165, 1.54) is 12.3 Å². The van der Waals surface area contributed by atoms with Gasteiger partial charge < -0.3 is 16.3 Å². The molecule has 0 aliphatic heterocycles. The van der Waals surface area contributed by atoms with Crippen LogP contribution in [0.5, 0.6) is 0 Å². The number of amidine groups is 1. The number of halogens is 3. The Morgan fingerprint density at radius 1 is 1.33 bits per heavy atom. The molecule has 2 rings (SSSR count). The number of hydrogen-bond acceptors (Lipinski definition) is 4. The number of nitrogens with zero attached hydrogens (tertiary/aromatic N) is 2. The lowest BCUT2D eigenvalue weighted by molar-refractivity contribution is 0.318. The van der Waals surface area contributed by atoms with Crippen LogP contribution in [0, 0.1) is 11.6 Å². The highest BCUT2D eigenvalue weighted by atomic mass is 79.9. The van der Waals surface area contributed by atoms with E-state index in [2.05, 4.69) is 31.4 Å². The molecule has 0 saturated heterocycles. The summed E-state index contributed by atoms with van der Waals surface area (Å²) in [7, 11) is 0. The van der Waals surface area contributed by atoms with E-state index >= 15 is 0 Å². The molecular formula is C13H11BrF2N4O. The van der Waals surface area contributed by atoms with Gasteiger partial charge in [0.2, 0.25) is 0 Å². The summed E-state index contributed by atoms with van der Waals surface area (Å²) in [6, 6.07) is 5.40. The molecule has 4 N–H and O–H groups in total. The van der Waals surface area contributed by atoms with Gasteiger partial charge in [-0.2, -0.15) is 0 Å². The molecule has 0 atom stereocenters. The molecule has 0 unspecified atom stereocenters. The minimum absolute atomic E-state index is 0.118. The van der Waals surface area contributed by atoms with Crippen LogP contribution in [0.3, 0.4) is 0 Å². The van der Waals surface area contributed by atoms with Gasteiger partial charge in [0.05, 0.1) is 10.2 Å². The minimum Gasteiger partial charge on any atom is -0.409 e. The lowest BCUT2D eigenvalue weighted by Gasteiger charge is -2.09. The number of anilines is 1. The minimum atomic E-state index is -0.693. The highest BCUT2D eigenvalue weighted by molar-refractivity contribution is 9.10. The Hall–Kier alpha value is -2.22. The molecule has 110 valence electrons. The van der Waals surface area contributed by atoms with Crippen molar-refractivity contribution in [3.05, 3.63) is 57.8 Å². The summed E-state index contributed by atoms with van der Waals surface area (Å²) >= 11 is 2.99. The van der Waals surface area contributed by atoms with Crippen LogP contribution in [0.1, 0.15) is 11.3 Å². The lowest BCUT2D eigenvalue weighted by atomic mass is 10.2. The molecule has 0 fully saturated rings. The summed E-state index contributed by atoms with van der Waals surface area (Å²) in [5.41, 5.74) is 6.64. The summed E-state index contributed by atoms with van der Waals surface area (Å²) < 4.78 is 26.9. The second kappa shape index (κ2) is 6.49. The maximum atomic E-state index is 13.6. The third-order valence-electron chi connectivity index (χ3n) is 2.69. The molecular weight excluding hydrogens is 346 g/mol. The zero-order valence-corrected chi connectivity index (χ0v) is 12.2. The van der Waals surface area contributed by atoms with Crippen molar-refractivity contribution in [2.24, 2.45) is 10.9 Å². The first kappa shape index (κ1) is 15.2. The Bertz CT molecular complexity index is 694. The molecule has 0 aliphatic rings. The molecule has 0 bridgehead atoms. The highest BCUT2D eigenvalue weighted by Gasteiger charge is 2.08. The summed E-state index contributed by atoms with van der Waals surface area (Å²) in [5.74, 6) is -1.48. The third kappa shape index (κ3) is 3.66. The van der Waals surface area contributed by atoms with Crippen molar-refractivity contribution >= 4 is 27.5 Å². The molecule has 2 aromatic rings. The van der Waals surface area contributed by atoms with Crippen molar-refractivity contribution in [2.75, 3.05) is 5.32 Å². The van der Waals surface area contributed by atoms with Crippen LogP contribution in [0.15, 0.2) is 40.1 Å². The number of aromatic nitrogens is 1. The standard InChI is InChI=1S/C13H11BrF2N4O/c14-8-4-11(10(16)5-9(8)15)19-6-7-1-2-18-12(3-7)13(17)20-21/h1-5,19,21H,6H2,(H2,17,20). The zero-order valence-electron chi connectivity index (χ0n) is 10.6. The van der Waals surface area contributed by atoms with E-state index in [0.29, 0.717) is 5.69 Å².